The second-order valence-corrected chi connectivity index (χ2v) is 9.17. The minimum absolute atomic E-state index is 0.0458. The van der Waals surface area contributed by atoms with Crippen LogP contribution in [0.2, 0.25) is 0 Å². The van der Waals surface area contributed by atoms with Gasteiger partial charge >= 0.3 is 0 Å². The van der Waals surface area contributed by atoms with Gasteiger partial charge in [0.15, 0.2) is 10.6 Å². The van der Waals surface area contributed by atoms with Gasteiger partial charge in [0.25, 0.3) is 0 Å². The highest BCUT2D eigenvalue weighted by Crippen LogP contribution is 2.24. The Morgan fingerprint density at radius 2 is 1.85 bits per heavy atom. The molecule has 0 radical (unpaired) electrons. The highest BCUT2D eigenvalue weighted by atomic mass is 32.1. The maximum atomic E-state index is 12.7. The zero-order valence-electron chi connectivity index (χ0n) is 18.3. The minimum atomic E-state index is -0.189. The van der Waals surface area contributed by atoms with Crippen LogP contribution in [0.15, 0.2) is 72.8 Å². The topological polar surface area (TPSA) is 84.8 Å². The van der Waals surface area contributed by atoms with Gasteiger partial charge in [-0.25, -0.2) is 4.98 Å². The molecule has 0 saturated carbocycles. The van der Waals surface area contributed by atoms with Gasteiger partial charge in [-0.1, -0.05) is 24.3 Å². The fourth-order valence-corrected chi connectivity index (χ4v) is 4.84. The molecule has 0 aliphatic carbocycles. The lowest BCUT2D eigenvalue weighted by atomic mass is 10.1. The van der Waals surface area contributed by atoms with Crippen LogP contribution in [0.4, 0.5) is 5.69 Å². The molecule has 0 spiro atoms. The largest absolute Gasteiger partial charge is 0.497 e. The van der Waals surface area contributed by atoms with Gasteiger partial charge < -0.3 is 10.1 Å². The van der Waals surface area contributed by atoms with E-state index in [0.717, 1.165) is 39.5 Å². The number of fused-ring (bicyclic) bond motifs is 1. The van der Waals surface area contributed by atoms with Gasteiger partial charge in [-0.3, -0.25) is 14.5 Å². The number of anilines is 1. The molecule has 0 fully saturated rings. The molecule has 9 heteroatoms. The highest BCUT2D eigenvalue weighted by Gasteiger charge is 2.13. The Balaban J connectivity index is 1.25. The molecule has 34 heavy (non-hydrogen) atoms. The smallest absolute Gasteiger partial charge is 0.244 e. The number of ether oxygens (including phenoxy) is 1. The van der Waals surface area contributed by atoms with Crippen LogP contribution in [0.1, 0.15) is 10.6 Å². The van der Waals surface area contributed by atoms with Crippen LogP contribution in [-0.4, -0.2) is 32.8 Å². The molecule has 0 saturated heterocycles. The predicted octanol–water partition coefficient (Wildman–Crippen LogP) is 5.46. The van der Waals surface area contributed by atoms with E-state index in [1.165, 1.54) is 4.70 Å². The quantitative estimate of drug-likeness (QED) is 0.298. The van der Waals surface area contributed by atoms with Crippen molar-refractivity contribution in [3.8, 4) is 17.1 Å². The molecule has 5 aromatic rings. The summed E-state index contributed by atoms with van der Waals surface area (Å²) in [6.07, 6.45) is 0.753. The first-order valence-electron chi connectivity index (χ1n) is 10.6. The summed E-state index contributed by atoms with van der Waals surface area (Å²) in [6, 6.07) is 23.4. The van der Waals surface area contributed by atoms with Crippen molar-refractivity contribution in [3.05, 3.63) is 88.1 Å². The molecule has 2 N–H and O–H groups in total. The zero-order valence-corrected chi connectivity index (χ0v) is 20.0. The summed E-state index contributed by atoms with van der Waals surface area (Å²) in [5, 5.41) is 11.1. The minimum Gasteiger partial charge on any atom is -0.497 e. The monoisotopic (exact) mass is 487 g/mol. The van der Waals surface area contributed by atoms with Gasteiger partial charge in [-0.2, -0.15) is 5.10 Å². The fraction of sp³-hybridized carbons (Fsp3) is 0.120. The summed E-state index contributed by atoms with van der Waals surface area (Å²) in [7, 11) is 1.61. The lowest BCUT2D eigenvalue weighted by Crippen LogP contribution is -2.19. The predicted molar refractivity (Wildman–Crippen MR) is 137 cm³/mol. The number of carbonyl (C=O) groups excluding carboxylic acids is 1. The van der Waals surface area contributed by atoms with Crippen LogP contribution in [0, 0.1) is 4.77 Å². The Labute approximate surface area is 205 Å². The number of benzene rings is 3. The summed E-state index contributed by atoms with van der Waals surface area (Å²) in [6.45, 7) is 0.0458. The molecule has 3 aromatic carbocycles. The van der Waals surface area contributed by atoms with Gasteiger partial charge in [-0.05, 0) is 66.3 Å². The molecule has 7 nitrogen and oxygen atoms in total. The normalized spacial score (nSPS) is 11.0. The van der Waals surface area contributed by atoms with Gasteiger partial charge in [0.2, 0.25) is 5.91 Å². The van der Waals surface area contributed by atoms with Gasteiger partial charge in [0.1, 0.15) is 12.3 Å². The Morgan fingerprint density at radius 1 is 1.09 bits per heavy atom. The van der Waals surface area contributed by atoms with Gasteiger partial charge in [0.05, 0.1) is 22.3 Å². The van der Waals surface area contributed by atoms with Crippen molar-refractivity contribution in [1.29, 1.82) is 0 Å². The molecule has 0 unspecified atom stereocenters. The number of amides is 1. The SMILES string of the molecule is COc1ccc(-c2n[nH]c(=S)n2CC(=O)Nc2ccc(Cc3nc4ccccc4s3)cc2)cc1. The average Bonchev–Trinajstić information content (AvgIpc) is 3.43. The number of aromatic amines is 1. The fourth-order valence-electron chi connectivity index (χ4n) is 3.65. The molecule has 2 heterocycles. The third-order valence-electron chi connectivity index (χ3n) is 5.34. The third-order valence-corrected chi connectivity index (χ3v) is 6.69. The van der Waals surface area contributed by atoms with Crippen LogP contribution in [0.3, 0.4) is 0 Å². The van der Waals surface area contributed by atoms with Crippen molar-refractivity contribution in [1.82, 2.24) is 19.7 Å². The van der Waals surface area contributed by atoms with E-state index in [1.54, 1.807) is 23.0 Å². The lowest BCUT2D eigenvalue weighted by Gasteiger charge is -2.09. The van der Waals surface area contributed by atoms with Crippen molar-refractivity contribution in [2.24, 2.45) is 0 Å². The standard InChI is InChI=1S/C25H21N5O2S2/c1-32-19-12-8-17(9-13-19)24-28-29-25(33)30(24)15-22(31)26-18-10-6-16(7-11-18)14-23-27-20-4-2-3-5-21(20)34-23/h2-13H,14-15H2,1H3,(H,26,31)(H,29,33). The van der Waals surface area contributed by atoms with Crippen molar-refractivity contribution in [2.45, 2.75) is 13.0 Å². The summed E-state index contributed by atoms with van der Waals surface area (Å²) in [5.74, 6) is 1.15. The molecule has 5 rings (SSSR count). The van der Waals surface area contributed by atoms with E-state index in [2.05, 4.69) is 21.6 Å². The Kier molecular flexibility index (Phi) is 6.20. The van der Waals surface area contributed by atoms with E-state index in [0.29, 0.717) is 10.6 Å². The van der Waals surface area contributed by atoms with Gasteiger partial charge in [-0.15, -0.1) is 11.3 Å². The second-order valence-electron chi connectivity index (χ2n) is 7.66. The first kappa shape index (κ1) is 22.0. The second kappa shape index (κ2) is 9.58. The van der Waals surface area contributed by atoms with Crippen molar-refractivity contribution >= 4 is 45.4 Å². The molecule has 2 aromatic heterocycles. The number of thiazole rings is 1. The summed E-state index contributed by atoms with van der Waals surface area (Å²) >= 11 is 7.05. The van der Waals surface area contributed by atoms with E-state index >= 15 is 0 Å². The molecule has 170 valence electrons. The summed E-state index contributed by atoms with van der Waals surface area (Å²) < 4.78 is 8.45. The average molecular weight is 488 g/mol. The van der Waals surface area contributed by atoms with E-state index in [1.807, 2.05) is 66.7 Å². The number of methoxy groups -OCH3 is 1. The lowest BCUT2D eigenvalue weighted by molar-refractivity contribution is -0.116. The van der Waals surface area contributed by atoms with E-state index in [9.17, 15) is 4.79 Å². The maximum absolute atomic E-state index is 12.7. The Morgan fingerprint density at radius 3 is 2.59 bits per heavy atom. The number of H-pyrrole nitrogens is 1. The number of aromatic nitrogens is 4. The van der Waals surface area contributed by atoms with Crippen LogP contribution in [-0.2, 0) is 17.8 Å². The van der Waals surface area contributed by atoms with Crippen LogP contribution in [0.25, 0.3) is 21.6 Å². The third kappa shape index (κ3) is 4.75. The number of nitrogens with one attached hydrogen (secondary N) is 2. The molecule has 0 atom stereocenters. The number of carbonyl (C=O) groups is 1. The molecular weight excluding hydrogens is 466 g/mol. The van der Waals surface area contributed by atoms with E-state index in [4.69, 9.17) is 21.9 Å². The van der Waals surface area contributed by atoms with Gasteiger partial charge in [0, 0.05) is 17.7 Å². The van der Waals surface area contributed by atoms with E-state index < -0.39 is 0 Å². The number of rotatable bonds is 7. The maximum Gasteiger partial charge on any atom is 0.244 e. The Bertz CT molecular complexity index is 1470. The Hall–Kier alpha value is -3.82. The first-order chi connectivity index (χ1) is 16.6. The molecule has 0 aliphatic rings. The van der Waals surface area contributed by atoms with Crippen molar-refractivity contribution in [2.75, 3.05) is 12.4 Å². The summed E-state index contributed by atoms with van der Waals surface area (Å²) in [4.78, 5) is 17.4. The van der Waals surface area contributed by atoms with Crippen LogP contribution in [0.5, 0.6) is 5.75 Å². The van der Waals surface area contributed by atoms with Crippen LogP contribution >= 0.6 is 23.6 Å². The molecule has 0 bridgehead atoms. The first-order valence-corrected chi connectivity index (χ1v) is 11.8. The summed E-state index contributed by atoms with van der Waals surface area (Å²) in [5.41, 5.74) is 3.72. The van der Waals surface area contributed by atoms with Crippen molar-refractivity contribution < 1.29 is 9.53 Å². The van der Waals surface area contributed by atoms with Crippen LogP contribution < -0.4 is 10.1 Å². The number of hydrogen-bond donors (Lipinski definition) is 2. The van der Waals surface area contributed by atoms with Crippen molar-refractivity contribution in [3.63, 3.8) is 0 Å². The molecular formula is C25H21N5O2S2. The number of para-hydroxylation sites is 1. The molecule has 0 aliphatic heterocycles. The highest BCUT2D eigenvalue weighted by molar-refractivity contribution is 7.71. The number of hydrogen-bond acceptors (Lipinski definition) is 6. The van der Waals surface area contributed by atoms with E-state index in [-0.39, 0.29) is 12.5 Å². The zero-order chi connectivity index (χ0) is 23.5. The number of nitrogens with zero attached hydrogens (tertiary/aromatic N) is 3. The molecule has 1 amide bonds.